The third-order valence-electron chi connectivity index (χ3n) is 1.55. The van der Waals surface area contributed by atoms with Crippen LogP contribution >= 0.6 is 0 Å². The fraction of sp³-hybridized carbons (Fsp3) is 0. The maximum Gasteiger partial charge on any atom is 0.269 e. The Bertz CT molecular complexity index is 354. The van der Waals surface area contributed by atoms with Crippen molar-refractivity contribution in [1.82, 2.24) is 0 Å². The van der Waals surface area contributed by atoms with E-state index in [4.69, 9.17) is 0 Å². The van der Waals surface area contributed by atoms with Crippen LogP contribution < -0.4 is 0 Å². The van der Waals surface area contributed by atoms with Gasteiger partial charge >= 0.3 is 0 Å². The maximum absolute atomic E-state index is 11.0. The van der Waals surface area contributed by atoms with Crippen molar-refractivity contribution >= 4 is 11.5 Å². The second kappa shape index (κ2) is 3.62. The molecule has 0 aromatic heterocycles. The Hall–Kier alpha value is -1.97. The highest BCUT2D eigenvalue weighted by Gasteiger charge is 2.06. The minimum Gasteiger partial charge on any atom is -0.289 e. The van der Waals surface area contributed by atoms with Gasteiger partial charge in [-0.05, 0) is 18.2 Å². The van der Waals surface area contributed by atoms with Crippen LogP contribution in [0.2, 0.25) is 0 Å². The molecule has 0 N–H and O–H groups in total. The van der Waals surface area contributed by atoms with E-state index < -0.39 is 4.92 Å². The molecular formula is C9H7NO3. The Balaban J connectivity index is 3.00. The molecule has 0 fully saturated rings. The first kappa shape index (κ1) is 9.12. The Morgan fingerprint density at radius 2 is 1.92 bits per heavy atom. The molecule has 0 bridgehead atoms. The van der Waals surface area contributed by atoms with Crippen molar-refractivity contribution in [2.45, 2.75) is 0 Å². The molecule has 0 unspecified atom stereocenters. The lowest BCUT2D eigenvalue weighted by atomic mass is 10.1. The fourth-order valence-corrected chi connectivity index (χ4v) is 0.865. The smallest absolute Gasteiger partial charge is 0.269 e. The van der Waals surface area contributed by atoms with Gasteiger partial charge in [0.2, 0.25) is 0 Å². The predicted molar refractivity (Wildman–Crippen MR) is 47.6 cm³/mol. The molecule has 4 heteroatoms. The van der Waals surface area contributed by atoms with Crippen LogP contribution in [0, 0.1) is 10.1 Å². The third kappa shape index (κ3) is 1.99. The van der Waals surface area contributed by atoms with Gasteiger partial charge in [-0.3, -0.25) is 14.9 Å². The zero-order valence-electron chi connectivity index (χ0n) is 6.77. The predicted octanol–water partition coefficient (Wildman–Crippen LogP) is 1.96. The van der Waals surface area contributed by atoms with Gasteiger partial charge in [-0.25, -0.2) is 0 Å². The van der Waals surface area contributed by atoms with Crippen molar-refractivity contribution in [1.29, 1.82) is 0 Å². The standard InChI is InChI=1S/C9H7NO3/c1-2-9(11)7-3-5-8(6-4-7)10(12)13/h2-6H,1H2. The number of non-ortho nitro benzene ring substituents is 1. The van der Waals surface area contributed by atoms with Crippen molar-refractivity contribution in [3.05, 3.63) is 52.6 Å². The van der Waals surface area contributed by atoms with E-state index >= 15 is 0 Å². The summed E-state index contributed by atoms with van der Waals surface area (Å²) in [5.74, 6) is -0.241. The lowest BCUT2D eigenvalue weighted by Crippen LogP contribution is -1.94. The van der Waals surface area contributed by atoms with E-state index in [0.29, 0.717) is 5.56 Å². The molecule has 0 aliphatic rings. The van der Waals surface area contributed by atoms with E-state index in [0.717, 1.165) is 0 Å². The van der Waals surface area contributed by atoms with Crippen molar-refractivity contribution in [2.75, 3.05) is 0 Å². The van der Waals surface area contributed by atoms with Crippen LogP contribution in [0.5, 0.6) is 0 Å². The number of hydrogen-bond acceptors (Lipinski definition) is 3. The lowest BCUT2D eigenvalue weighted by Gasteiger charge is -1.94. The maximum atomic E-state index is 11.0. The number of ketones is 1. The topological polar surface area (TPSA) is 60.2 Å². The number of nitrogens with zero attached hydrogens (tertiary/aromatic N) is 1. The molecular weight excluding hydrogens is 170 g/mol. The van der Waals surface area contributed by atoms with Crippen molar-refractivity contribution in [2.24, 2.45) is 0 Å². The Morgan fingerprint density at radius 1 is 1.38 bits per heavy atom. The summed E-state index contributed by atoms with van der Waals surface area (Å²) in [7, 11) is 0. The Labute approximate surface area is 74.7 Å². The van der Waals surface area contributed by atoms with Crippen molar-refractivity contribution < 1.29 is 9.72 Å². The van der Waals surface area contributed by atoms with Gasteiger partial charge in [0.05, 0.1) is 4.92 Å². The minimum atomic E-state index is -0.512. The van der Waals surface area contributed by atoms with Crippen molar-refractivity contribution in [3.8, 4) is 0 Å². The zero-order valence-corrected chi connectivity index (χ0v) is 6.77. The molecule has 13 heavy (non-hydrogen) atoms. The molecule has 0 aliphatic carbocycles. The number of hydrogen-bond donors (Lipinski definition) is 0. The number of rotatable bonds is 3. The first-order valence-corrected chi connectivity index (χ1v) is 3.56. The average molecular weight is 177 g/mol. The van der Waals surface area contributed by atoms with E-state index in [2.05, 4.69) is 6.58 Å². The van der Waals surface area contributed by atoms with Gasteiger partial charge in [-0.15, -0.1) is 0 Å². The monoisotopic (exact) mass is 177 g/mol. The van der Waals surface area contributed by atoms with E-state index in [1.54, 1.807) is 0 Å². The number of nitro benzene ring substituents is 1. The number of benzene rings is 1. The van der Waals surface area contributed by atoms with Gasteiger partial charge in [0.25, 0.3) is 5.69 Å². The summed E-state index contributed by atoms with van der Waals surface area (Å²) in [5.41, 5.74) is 0.376. The minimum absolute atomic E-state index is 0.0272. The highest BCUT2D eigenvalue weighted by Crippen LogP contribution is 2.12. The van der Waals surface area contributed by atoms with E-state index in [-0.39, 0.29) is 11.5 Å². The summed E-state index contributed by atoms with van der Waals surface area (Å²) in [6.07, 6.45) is 1.17. The Morgan fingerprint density at radius 3 is 2.31 bits per heavy atom. The largest absolute Gasteiger partial charge is 0.289 e. The zero-order chi connectivity index (χ0) is 9.84. The first-order chi connectivity index (χ1) is 6.15. The molecule has 0 amide bonds. The van der Waals surface area contributed by atoms with Gasteiger partial charge in [0.15, 0.2) is 5.78 Å². The molecule has 66 valence electrons. The quantitative estimate of drug-likeness (QED) is 0.307. The van der Waals surface area contributed by atoms with Crippen LogP contribution in [0.25, 0.3) is 0 Å². The second-order valence-electron chi connectivity index (χ2n) is 2.37. The molecule has 1 rings (SSSR count). The molecule has 0 saturated heterocycles. The fourth-order valence-electron chi connectivity index (χ4n) is 0.865. The number of carbonyl (C=O) groups is 1. The molecule has 0 heterocycles. The highest BCUT2D eigenvalue weighted by molar-refractivity contribution is 6.04. The molecule has 0 spiro atoms. The van der Waals surface area contributed by atoms with E-state index in [9.17, 15) is 14.9 Å². The van der Waals surface area contributed by atoms with Crippen LogP contribution in [0.15, 0.2) is 36.9 Å². The number of nitro groups is 1. The summed E-state index contributed by atoms with van der Waals surface area (Å²) in [5, 5.41) is 10.3. The van der Waals surface area contributed by atoms with Crippen LogP contribution in [0.1, 0.15) is 10.4 Å². The van der Waals surface area contributed by atoms with E-state index in [1.807, 2.05) is 0 Å². The molecule has 1 aromatic rings. The summed E-state index contributed by atoms with van der Waals surface area (Å²) < 4.78 is 0. The van der Waals surface area contributed by atoms with Gasteiger partial charge in [-0.1, -0.05) is 6.58 Å². The molecule has 1 aromatic carbocycles. The third-order valence-corrected chi connectivity index (χ3v) is 1.55. The summed E-state index contributed by atoms with van der Waals surface area (Å²) in [4.78, 5) is 20.7. The van der Waals surface area contributed by atoms with Gasteiger partial charge in [0, 0.05) is 17.7 Å². The lowest BCUT2D eigenvalue weighted by molar-refractivity contribution is -0.384. The molecule has 0 aliphatic heterocycles. The normalized spacial score (nSPS) is 9.23. The van der Waals surface area contributed by atoms with Crippen LogP contribution in [0.4, 0.5) is 5.69 Å². The van der Waals surface area contributed by atoms with Crippen molar-refractivity contribution in [3.63, 3.8) is 0 Å². The van der Waals surface area contributed by atoms with Crippen LogP contribution in [-0.2, 0) is 0 Å². The van der Waals surface area contributed by atoms with E-state index in [1.165, 1.54) is 30.3 Å². The Kier molecular flexibility index (Phi) is 2.54. The second-order valence-corrected chi connectivity index (χ2v) is 2.37. The average Bonchev–Trinajstić information content (AvgIpc) is 2.17. The number of allylic oxidation sites excluding steroid dienone is 1. The highest BCUT2D eigenvalue weighted by atomic mass is 16.6. The first-order valence-electron chi connectivity index (χ1n) is 3.56. The summed E-state index contributed by atoms with van der Waals surface area (Å²) in [6.45, 7) is 3.31. The SMILES string of the molecule is C=CC(=O)c1ccc([N+](=O)[O-])cc1. The molecule has 0 saturated carbocycles. The number of carbonyl (C=O) groups excluding carboxylic acids is 1. The molecule has 0 atom stereocenters. The summed E-state index contributed by atoms with van der Waals surface area (Å²) in [6, 6.07) is 5.39. The van der Waals surface area contributed by atoms with Crippen LogP contribution in [0.3, 0.4) is 0 Å². The molecule has 4 nitrogen and oxygen atoms in total. The summed E-state index contributed by atoms with van der Waals surface area (Å²) >= 11 is 0. The molecule has 0 radical (unpaired) electrons. The van der Waals surface area contributed by atoms with Gasteiger partial charge in [-0.2, -0.15) is 0 Å². The van der Waals surface area contributed by atoms with Gasteiger partial charge in [0.1, 0.15) is 0 Å². The van der Waals surface area contributed by atoms with Crippen LogP contribution in [-0.4, -0.2) is 10.7 Å². The van der Waals surface area contributed by atoms with Gasteiger partial charge < -0.3 is 0 Å².